The van der Waals surface area contributed by atoms with E-state index < -0.39 is 6.04 Å². The van der Waals surface area contributed by atoms with Crippen molar-refractivity contribution < 1.29 is 14.3 Å². The molecule has 5 heterocycles. The molecule has 2 N–H and O–H groups in total. The Morgan fingerprint density at radius 3 is 2.89 bits per heavy atom. The number of carbonyl (C=O) groups is 2. The molecule has 2 aromatic rings. The molecule has 2 saturated heterocycles. The van der Waals surface area contributed by atoms with Gasteiger partial charge in [-0.15, -0.1) is 11.3 Å². The molecule has 0 aliphatic carbocycles. The zero-order chi connectivity index (χ0) is 19.1. The van der Waals surface area contributed by atoms with E-state index in [4.69, 9.17) is 4.74 Å². The summed E-state index contributed by atoms with van der Waals surface area (Å²) in [5, 5.41) is 5.32. The summed E-state index contributed by atoms with van der Waals surface area (Å²) in [7, 11) is 0. The van der Waals surface area contributed by atoms with Crippen LogP contribution in [0.4, 0.5) is 4.79 Å². The van der Waals surface area contributed by atoms with Gasteiger partial charge in [0.15, 0.2) is 0 Å². The van der Waals surface area contributed by atoms with Crippen molar-refractivity contribution in [2.45, 2.75) is 30.9 Å². The Bertz CT molecular complexity index is 908. The average molecular weight is 399 g/mol. The molecule has 5 rings (SSSR count). The monoisotopic (exact) mass is 399 g/mol. The van der Waals surface area contributed by atoms with E-state index in [1.165, 1.54) is 10.4 Å². The Labute approximate surface area is 166 Å². The van der Waals surface area contributed by atoms with Gasteiger partial charge < -0.3 is 20.3 Å². The first-order valence-electron chi connectivity index (χ1n) is 9.51. The number of thiophene rings is 1. The van der Waals surface area contributed by atoms with Gasteiger partial charge in [-0.05, 0) is 24.5 Å². The van der Waals surface area contributed by atoms with Crippen molar-refractivity contribution in [2.75, 3.05) is 26.2 Å². The van der Waals surface area contributed by atoms with Gasteiger partial charge >= 0.3 is 6.03 Å². The van der Waals surface area contributed by atoms with E-state index in [1.807, 2.05) is 4.90 Å². The van der Waals surface area contributed by atoms with Crippen LogP contribution in [0.25, 0.3) is 10.6 Å². The van der Waals surface area contributed by atoms with E-state index in [9.17, 15) is 9.59 Å². The maximum atomic E-state index is 12.7. The second-order valence-electron chi connectivity index (χ2n) is 7.36. The molecule has 1 atom stereocenters. The minimum absolute atomic E-state index is 0.0187. The fourth-order valence-corrected chi connectivity index (χ4v) is 5.49. The molecule has 28 heavy (non-hydrogen) atoms. The third-order valence-corrected chi connectivity index (χ3v) is 6.99. The molecule has 146 valence electrons. The standard InChI is InChI=1S/C19H21N5O3S/c25-17(14-11-22-18(26)23-14)24-6-2-19(3-7-24)12-9-16(13-10-20-4-5-21-13)28-15(12)1-8-27-19/h4-5,9-10,14H,1-3,6-8,11H2,(H2,22,23,26). The molecule has 0 saturated carbocycles. The van der Waals surface area contributed by atoms with Crippen LogP contribution in [0, 0.1) is 0 Å². The average Bonchev–Trinajstić information content (AvgIpc) is 3.36. The first kappa shape index (κ1) is 17.6. The zero-order valence-electron chi connectivity index (χ0n) is 15.3. The minimum Gasteiger partial charge on any atom is -0.370 e. The fraction of sp³-hybridized carbons (Fsp3) is 0.474. The third-order valence-electron chi connectivity index (χ3n) is 5.78. The SMILES string of the molecule is O=C1NCC(C(=O)N2CCC3(CC2)OCCc2sc(-c4cnccn4)cc23)N1. The van der Waals surface area contributed by atoms with Crippen LogP contribution in [0.5, 0.6) is 0 Å². The third kappa shape index (κ3) is 2.94. The zero-order valence-corrected chi connectivity index (χ0v) is 16.1. The number of rotatable bonds is 2. The van der Waals surface area contributed by atoms with Gasteiger partial charge in [0.2, 0.25) is 5.91 Å². The Morgan fingerprint density at radius 1 is 1.32 bits per heavy atom. The molecule has 2 fully saturated rings. The first-order chi connectivity index (χ1) is 13.6. The van der Waals surface area contributed by atoms with Crippen molar-refractivity contribution >= 4 is 23.3 Å². The molecule has 8 nitrogen and oxygen atoms in total. The Kier molecular flexibility index (Phi) is 4.28. The molecule has 0 bridgehead atoms. The lowest BCUT2D eigenvalue weighted by atomic mass is 9.82. The van der Waals surface area contributed by atoms with Crippen LogP contribution < -0.4 is 10.6 Å². The van der Waals surface area contributed by atoms with Gasteiger partial charge in [-0.2, -0.15) is 0 Å². The summed E-state index contributed by atoms with van der Waals surface area (Å²) in [6.45, 7) is 2.30. The first-order valence-corrected chi connectivity index (χ1v) is 10.3. The molecule has 1 unspecified atom stereocenters. The number of ether oxygens (including phenoxy) is 1. The second kappa shape index (κ2) is 6.82. The van der Waals surface area contributed by atoms with Crippen molar-refractivity contribution in [3.05, 3.63) is 35.1 Å². The van der Waals surface area contributed by atoms with Crippen LogP contribution in [0.3, 0.4) is 0 Å². The van der Waals surface area contributed by atoms with Crippen molar-refractivity contribution in [1.29, 1.82) is 0 Å². The highest BCUT2D eigenvalue weighted by Crippen LogP contribution is 2.46. The van der Waals surface area contributed by atoms with Gasteiger partial charge in [-0.1, -0.05) is 0 Å². The van der Waals surface area contributed by atoms with Gasteiger partial charge in [0, 0.05) is 43.3 Å². The topological polar surface area (TPSA) is 96.5 Å². The van der Waals surface area contributed by atoms with Crippen LogP contribution in [0.1, 0.15) is 23.3 Å². The van der Waals surface area contributed by atoms with Crippen molar-refractivity contribution in [3.8, 4) is 10.6 Å². The summed E-state index contributed by atoms with van der Waals surface area (Å²) in [4.78, 5) is 36.9. The molecule has 3 aliphatic heterocycles. The lowest BCUT2D eigenvalue weighted by molar-refractivity contribution is -0.142. The Balaban J connectivity index is 1.35. The van der Waals surface area contributed by atoms with E-state index in [1.54, 1.807) is 29.9 Å². The summed E-state index contributed by atoms with van der Waals surface area (Å²) >= 11 is 1.76. The van der Waals surface area contributed by atoms with Crippen molar-refractivity contribution in [2.24, 2.45) is 0 Å². The summed E-state index contributed by atoms with van der Waals surface area (Å²) < 4.78 is 6.30. The number of aromatic nitrogens is 2. The van der Waals surface area contributed by atoms with E-state index >= 15 is 0 Å². The number of hydrogen-bond acceptors (Lipinski definition) is 6. The van der Waals surface area contributed by atoms with E-state index in [-0.39, 0.29) is 17.5 Å². The Hall–Kier alpha value is -2.52. The second-order valence-corrected chi connectivity index (χ2v) is 8.50. The fourth-order valence-electron chi connectivity index (χ4n) is 4.30. The quantitative estimate of drug-likeness (QED) is 0.793. The number of fused-ring (bicyclic) bond motifs is 2. The number of amides is 3. The number of likely N-dealkylation sites (tertiary alicyclic amines) is 1. The molecular weight excluding hydrogens is 378 g/mol. The highest BCUT2D eigenvalue weighted by molar-refractivity contribution is 7.15. The number of piperidine rings is 1. The van der Waals surface area contributed by atoms with Crippen LogP contribution in [0.15, 0.2) is 24.7 Å². The summed E-state index contributed by atoms with van der Waals surface area (Å²) in [5.41, 5.74) is 1.79. The van der Waals surface area contributed by atoms with E-state index in [0.29, 0.717) is 26.2 Å². The number of nitrogens with one attached hydrogen (secondary N) is 2. The molecule has 3 amide bonds. The summed E-state index contributed by atoms with van der Waals surface area (Å²) in [6, 6.07) is 1.46. The van der Waals surface area contributed by atoms with Gasteiger partial charge in [0.05, 0.1) is 29.0 Å². The number of nitrogens with zero attached hydrogens (tertiary/aromatic N) is 3. The number of carbonyl (C=O) groups excluding carboxylic acids is 2. The highest BCUT2D eigenvalue weighted by atomic mass is 32.1. The lowest BCUT2D eigenvalue weighted by Crippen LogP contribution is -2.52. The predicted molar refractivity (Wildman–Crippen MR) is 103 cm³/mol. The van der Waals surface area contributed by atoms with Crippen LogP contribution in [0.2, 0.25) is 0 Å². The van der Waals surface area contributed by atoms with Crippen molar-refractivity contribution in [3.63, 3.8) is 0 Å². The molecule has 3 aliphatic rings. The number of hydrogen-bond donors (Lipinski definition) is 2. The van der Waals surface area contributed by atoms with Gasteiger partial charge in [0.25, 0.3) is 0 Å². The smallest absolute Gasteiger partial charge is 0.315 e. The van der Waals surface area contributed by atoms with Crippen LogP contribution >= 0.6 is 11.3 Å². The molecule has 0 aromatic carbocycles. The molecular formula is C19H21N5O3S. The Morgan fingerprint density at radius 2 is 2.18 bits per heavy atom. The summed E-state index contributed by atoms with van der Waals surface area (Å²) in [6.07, 6.45) is 7.60. The predicted octanol–water partition coefficient (Wildman–Crippen LogP) is 1.28. The van der Waals surface area contributed by atoms with Crippen LogP contribution in [-0.2, 0) is 21.6 Å². The van der Waals surface area contributed by atoms with Crippen molar-refractivity contribution in [1.82, 2.24) is 25.5 Å². The lowest BCUT2D eigenvalue weighted by Gasteiger charge is -2.44. The molecule has 1 spiro atoms. The normalized spacial score (nSPS) is 23.2. The van der Waals surface area contributed by atoms with Crippen LogP contribution in [-0.4, -0.2) is 59.1 Å². The molecule has 0 radical (unpaired) electrons. The minimum atomic E-state index is -0.464. The van der Waals surface area contributed by atoms with Gasteiger partial charge in [0.1, 0.15) is 6.04 Å². The highest BCUT2D eigenvalue weighted by Gasteiger charge is 2.44. The summed E-state index contributed by atoms with van der Waals surface area (Å²) in [5.74, 6) is -0.0187. The maximum Gasteiger partial charge on any atom is 0.315 e. The molecule has 9 heteroatoms. The van der Waals surface area contributed by atoms with E-state index in [2.05, 4.69) is 26.7 Å². The molecule has 2 aromatic heterocycles. The maximum absolute atomic E-state index is 12.7. The number of urea groups is 1. The van der Waals surface area contributed by atoms with Gasteiger partial charge in [-0.3, -0.25) is 14.8 Å². The van der Waals surface area contributed by atoms with E-state index in [0.717, 1.165) is 29.8 Å². The largest absolute Gasteiger partial charge is 0.370 e. The van der Waals surface area contributed by atoms with Gasteiger partial charge in [-0.25, -0.2) is 4.79 Å².